The van der Waals surface area contributed by atoms with Gasteiger partial charge >= 0.3 is 5.97 Å². The van der Waals surface area contributed by atoms with Crippen LogP contribution < -0.4 is 4.90 Å². The number of amides is 2. The number of ether oxygens (including phenoxy) is 1. The third kappa shape index (κ3) is 3.96. The van der Waals surface area contributed by atoms with Crippen LogP contribution in [0.2, 0.25) is 0 Å². The van der Waals surface area contributed by atoms with Crippen LogP contribution in [0.5, 0.6) is 0 Å². The van der Waals surface area contributed by atoms with Gasteiger partial charge in [0, 0.05) is 6.20 Å². The maximum atomic E-state index is 14.9. The van der Waals surface area contributed by atoms with Crippen molar-refractivity contribution >= 4 is 29.5 Å². The average Bonchev–Trinajstić information content (AvgIpc) is 3.49. The molecule has 7 heteroatoms. The summed E-state index contributed by atoms with van der Waals surface area (Å²) < 4.78 is 21.1. The predicted octanol–water partition coefficient (Wildman–Crippen LogP) is 5.67. The Balaban J connectivity index is 1.32. The fraction of sp³-hybridized carbons (Fsp3) is 0.147. The van der Waals surface area contributed by atoms with E-state index in [-0.39, 0.29) is 5.69 Å². The van der Waals surface area contributed by atoms with E-state index < -0.39 is 53.6 Å². The van der Waals surface area contributed by atoms with Gasteiger partial charge in [0.2, 0.25) is 11.8 Å². The van der Waals surface area contributed by atoms with Crippen LogP contribution >= 0.6 is 0 Å². The zero-order valence-corrected chi connectivity index (χ0v) is 21.8. The molecule has 0 radical (unpaired) electrons. The van der Waals surface area contributed by atoms with Crippen molar-refractivity contribution in [1.82, 2.24) is 4.90 Å². The molecule has 0 spiro atoms. The van der Waals surface area contributed by atoms with Crippen molar-refractivity contribution in [3.05, 3.63) is 143 Å². The van der Waals surface area contributed by atoms with Gasteiger partial charge in [-0.3, -0.25) is 9.59 Å². The summed E-state index contributed by atoms with van der Waals surface area (Å²) >= 11 is 0. The third-order valence-corrected chi connectivity index (χ3v) is 8.24. The number of carbonyl (C=O) groups is 3. The first kappa shape index (κ1) is 25.0. The van der Waals surface area contributed by atoms with Crippen molar-refractivity contribution in [1.29, 1.82) is 0 Å². The fourth-order valence-electron chi connectivity index (χ4n) is 6.47. The van der Waals surface area contributed by atoms with E-state index in [1.165, 1.54) is 18.2 Å². The number of nitrogens with zero attached hydrogens (tertiary/aromatic N) is 2. The maximum Gasteiger partial charge on any atom is 0.330 e. The number of esters is 1. The Kier molecular flexibility index (Phi) is 6.00. The summed E-state index contributed by atoms with van der Waals surface area (Å²) in [5.41, 5.74) is 3.18. The first-order valence-electron chi connectivity index (χ1n) is 13.5. The first-order valence-corrected chi connectivity index (χ1v) is 13.5. The molecule has 2 fully saturated rings. The molecule has 0 saturated carbocycles. The summed E-state index contributed by atoms with van der Waals surface area (Å²) in [5.74, 6) is -4.38. The lowest BCUT2D eigenvalue weighted by Crippen LogP contribution is -2.45. The van der Waals surface area contributed by atoms with Crippen LogP contribution in [0.25, 0.3) is 6.08 Å². The Morgan fingerprint density at radius 3 is 2.00 bits per heavy atom. The van der Waals surface area contributed by atoms with Crippen molar-refractivity contribution in [3.63, 3.8) is 0 Å². The molecule has 3 aliphatic heterocycles. The number of imide groups is 1. The highest BCUT2D eigenvalue weighted by Gasteiger charge is 2.65. The van der Waals surface area contributed by atoms with Crippen molar-refractivity contribution < 1.29 is 23.5 Å². The Morgan fingerprint density at radius 2 is 1.32 bits per heavy atom. The number of hydrogen-bond donors (Lipinski definition) is 0. The van der Waals surface area contributed by atoms with Gasteiger partial charge in [-0.1, -0.05) is 97.1 Å². The van der Waals surface area contributed by atoms with Crippen LogP contribution in [0.4, 0.5) is 10.1 Å². The van der Waals surface area contributed by atoms with Crippen LogP contribution in [0.3, 0.4) is 0 Å². The summed E-state index contributed by atoms with van der Waals surface area (Å²) in [4.78, 5) is 44.9. The molecule has 4 unspecified atom stereocenters. The van der Waals surface area contributed by atoms with Crippen LogP contribution in [0.1, 0.15) is 34.4 Å². The van der Waals surface area contributed by atoms with E-state index >= 15 is 0 Å². The molecule has 0 aromatic heterocycles. The van der Waals surface area contributed by atoms with E-state index in [2.05, 4.69) is 0 Å². The number of carbonyl (C=O) groups excluding carboxylic acids is 3. The van der Waals surface area contributed by atoms with Crippen LogP contribution in [-0.4, -0.2) is 28.7 Å². The predicted molar refractivity (Wildman–Crippen MR) is 151 cm³/mol. The monoisotopic (exact) mass is 544 g/mol. The van der Waals surface area contributed by atoms with Crippen molar-refractivity contribution in [2.45, 2.75) is 18.2 Å². The lowest BCUT2D eigenvalue weighted by molar-refractivity contribution is -0.155. The van der Waals surface area contributed by atoms with Crippen molar-refractivity contribution in [2.24, 2.45) is 11.8 Å². The molecule has 3 aliphatic rings. The van der Waals surface area contributed by atoms with Gasteiger partial charge in [-0.2, -0.15) is 0 Å². The highest BCUT2D eigenvalue weighted by Crippen LogP contribution is 2.53. The highest BCUT2D eigenvalue weighted by atomic mass is 19.1. The van der Waals surface area contributed by atoms with Gasteiger partial charge in [-0.25, -0.2) is 14.1 Å². The van der Waals surface area contributed by atoms with Crippen LogP contribution in [0, 0.1) is 17.7 Å². The summed E-state index contributed by atoms with van der Waals surface area (Å²) in [6.07, 6.45) is 2.92. The van der Waals surface area contributed by atoms with Gasteiger partial charge < -0.3 is 9.64 Å². The summed E-state index contributed by atoms with van der Waals surface area (Å²) in [6, 6.07) is 30.4. The maximum absolute atomic E-state index is 14.9. The minimum atomic E-state index is -1.09. The van der Waals surface area contributed by atoms with Crippen LogP contribution in [0.15, 0.2) is 115 Å². The number of anilines is 1. The molecule has 6 nitrogen and oxygen atoms in total. The average molecular weight is 545 g/mol. The molecular weight excluding hydrogens is 519 g/mol. The third-order valence-electron chi connectivity index (χ3n) is 8.24. The fourth-order valence-corrected chi connectivity index (χ4v) is 6.47. The Hall–Kier alpha value is -5.04. The smallest absolute Gasteiger partial charge is 0.330 e. The minimum Gasteiger partial charge on any atom is -0.451 e. The van der Waals surface area contributed by atoms with E-state index in [0.717, 1.165) is 27.2 Å². The van der Waals surface area contributed by atoms with Crippen LogP contribution in [-0.2, 0) is 19.1 Å². The van der Waals surface area contributed by atoms with Gasteiger partial charge in [-0.05, 0) is 40.5 Å². The molecule has 2 amide bonds. The van der Waals surface area contributed by atoms with E-state index in [4.69, 9.17) is 4.74 Å². The Morgan fingerprint density at radius 1 is 0.732 bits per heavy atom. The van der Waals surface area contributed by atoms with E-state index in [0.29, 0.717) is 0 Å². The summed E-state index contributed by atoms with van der Waals surface area (Å²) in [5, 5.41) is 0. The van der Waals surface area contributed by atoms with E-state index in [1.807, 2.05) is 91.0 Å². The standard InChI is InChI=1S/C34H25FN2O4/c35-25-17-9-10-18-26(25)37-32(38)27-28(33(37)39)30(36-20-19-21-11-7-8-16-24(21)29(27)36)34(40)41-31(22-12-3-1-4-13-22)23-14-5-2-6-15-23/h1-20,27-31H. The molecule has 4 atom stereocenters. The molecule has 0 N–H and O–H groups in total. The van der Waals surface area contributed by atoms with E-state index in [9.17, 15) is 18.8 Å². The molecule has 4 aromatic rings. The number of hydrogen-bond acceptors (Lipinski definition) is 5. The summed E-state index contributed by atoms with van der Waals surface area (Å²) in [7, 11) is 0. The number of halogens is 1. The minimum absolute atomic E-state index is 0.110. The van der Waals surface area contributed by atoms with Crippen molar-refractivity contribution in [2.75, 3.05) is 4.90 Å². The SMILES string of the molecule is O=C(OC(c1ccccc1)c1ccccc1)C1C2C(=O)N(c3ccccc3F)C(=O)C2C2c3ccccc3C=CN12. The highest BCUT2D eigenvalue weighted by molar-refractivity contribution is 6.24. The molecular formula is C34H25FN2O4. The number of fused-ring (bicyclic) bond motifs is 5. The molecule has 202 valence electrons. The van der Waals surface area contributed by atoms with Gasteiger partial charge in [-0.15, -0.1) is 0 Å². The van der Waals surface area contributed by atoms with E-state index in [1.54, 1.807) is 17.2 Å². The largest absolute Gasteiger partial charge is 0.451 e. The second-order valence-corrected chi connectivity index (χ2v) is 10.4. The second-order valence-electron chi connectivity index (χ2n) is 10.4. The summed E-state index contributed by atoms with van der Waals surface area (Å²) in [6.45, 7) is 0. The molecule has 3 heterocycles. The first-order chi connectivity index (χ1) is 20.0. The molecule has 7 rings (SSSR count). The van der Waals surface area contributed by atoms with Crippen molar-refractivity contribution in [3.8, 4) is 0 Å². The quantitative estimate of drug-likeness (QED) is 0.239. The molecule has 0 bridgehead atoms. The van der Waals surface area contributed by atoms with Gasteiger partial charge in [0.1, 0.15) is 11.9 Å². The van der Waals surface area contributed by atoms with Gasteiger partial charge in [0.05, 0.1) is 23.6 Å². The Labute approximate surface area is 236 Å². The number of benzene rings is 4. The lowest BCUT2D eigenvalue weighted by atomic mass is 9.84. The van der Waals surface area contributed by atoms with Gasteiger partial charge in [0.15, 0.2) is 6.10 Å². The topological polar surface area (TPSA) is 66.9 Å². The zero-order valence-electron chi connectivity index (χ0n) is 21.8. The molecule has 0 aliphatic carbocycles. The number of para-hydroxylation sites is 1. The molecule has 41 heavy (non-hydrogen) atoms. The Bertz CT molecular complexity index is 1650. The normalized spacial score (nSPS) is 22.5. The van der Waals surface area contributed by atoms with Gasteiger partial charge in [0.25, 0.3) is 0 Å². The lowest BCUT2D eigenvalue weighted by Gasteiger charge is -2.35. The second kappa shape index (κ2) is 9.86. The zero-order chi connectivity index (χ0) is 28.1. The number of rotatable bonds is 5. The molecule has 4 aromatic carbocycles. The molecule has 2 saturated heterocycles.